The Kier molecular flexibility index (Phi) is 3.19. The van der Waals surface area contributed by atoms with Gasteiger partial charge in [-0.15, -0.1) is 0 Å². The van der Waals surface area contributed by atoms with Gasteiger partial charge in [0.05, 0.1) is 6.54 Å². The van der Waals surface area contributed by atoms with Crippen LogP contribution >= 0.6 is 0 Å². The molecule has 1 aromatic rings. The lowest BCUT2D eigenvalue weighted by atomic mass is 10.2. The van der Waals surface area contributed by atoms with E-state index >= 15 is 0 Å². The molecule has 96 valence electrons. The van der Waals surface area contributed by atoms with Gasteiger partial charge < -0.3 is 15.1 Å². The third-order valence-electron chi connectivity index (χ3n) is 3.78. The van der Waals surface area contributed by atoms with E-state index in [4.69, 9.17) is 0 Å². The molecule has 0 aliphatic carbocycles. The zero-order valence-electron chi connectivity index (χ0n) is 10.6. The number of carbonyl (C=O) groups excluding carboxylic acids is 1. The van der Waals surface area contributed by atoms with Crippen molar-refractivity contribution in [1.82, 2.24) is 10.2 Å². The van der Waals surface area contributed by atoms with Crippen molar-refractivity contribution >= 4 is 11.6 Å². The van der Waals surface area contributed by atoms with Crippen LogP contribution in [0.3, 0.4) is 0 Å². The number of para-hydroxylation sites is 1. The maximum absolute atomic E-state index is 12.2. The van der Waals surface area contributed by atoms with Crippen LogP contribution in [-0.2, 0) is 11.2 Å². The number of carbonyl (C=O) groups is 1. The first-order valence-electron chi connectivity index (χ1n) is 6.66. The van der Waals surface area contributed by atoms with Gasteiger partial charge in [0.25, 0.3) is 0 Å². The van der Waals surface area contributed by atoms with Crippen LogP contribution in [0.4, 0.5) is 5.69 Å². The van der Waals surface area contributed by atoms with Crippen LogP contribution in [0.25, 0.3) is 0 Å². The largest absolute Gasteiger partial charge is 0.362 e. The number of fused-ring (bicyclic) bond motifs is 1. The van der Waals surface area contributed by atoms with Gasteiger partial charge in [0.15, 0.2) is 0 Å². The summed E-state index contributed by atoms with van der Waals surface area (Å²) in [5, 5.41) is 3.27. The molecule has 0 radical (unpaired) electrons. The summed E-state index contributed by atoms with van der Waals surface area (Å²) in [7, 11) is 0. The van der Waals surface area contributed by atoms with E-state index in [0.29, 0.717) is 6.54 Å². The zero-order valence-corrected chi connectivity index (χ0v) is 10.6. The average molecular weight is 245 g/mol. The highest BCUT2D eigenvalue weighted by Gasteiger charge is 2.23. The molecule has 4 heteroatoms. The highest BCUT2D eigenvalue weighted by molar-refractivity contribution is 5.82. The first-order chi connectivity index (χ1) is 8.84. The number of rotatable bonds is 2. The molecule has 1 saturated heterocycles. The summed E-state index contributed by atoms with van der Waals surface area (Å²) in [6, 6.07) is 8.39. The van der Waals surface area contributed by atoms with Gasteiger partial charge in [0.2, 0.25) is 5.91 Å². The van der Waals surface area contributed by atoms with E-state index in [9.17, 15) is 4.79 Å². The summed E-state index contributed by atoms with van der Waals surface area (Å²) < 4.78 is 0. The Morgan fingerprint density at radius 1 is 1.17 bits per heavy atom. The normalized spacial score (nSPS) is 18.9. The smallest absolute Gasteiger partial charge is 0.242 e. The molecule has 1 aromatic carbocycles. The molecule has 2 heterocycles. The van der Waals surface area contributed by atoms with E-state index in [2.05, 4.69) is 28.4 Å². The van der Waals surface area contributed by atoms with Gasteiger partial charge in [-0.25, -0.2) is 0 Å². The molecule has 2 aliphatic heterocycles. The van der Waals surface area contributed by atoms with Crippen LogP contribution in [0.5, 0.6) is 0 Å². The summed E-state index contributed by atoms with van der Waals surface area (Å²) in [6.45, 7) is 5.02. The Labute approximate surface area is 108 Å². The molecule has 0 unspecified atom stereocenters. The standard InChI is InChI=1S/C14H19N3O/c18-14(16-9-6-15-7-10-16)11-17-8-5-12-3-1-2-4-13(12)17/h1-4,15H,5-11H2. The molecule has 0 spiro atoms. The summed E-state index contributed by atoms with van der Waals surface area (Å²) in [5.74, 6) is 0.258. The van der Waals surface area contributed by atoms with Crippen molar-refractivity contribution in [3.63, 3.8) is 0 Å². The fourth-order valence-corrected chi connectivity index (χ4v) is 2.75. The Bertz CT molecular complexity index is 440. The average Bonchev–Trinajstić information content (AvgIpc) is 2.83. The van der Waals surface area contributed by atoms with E-state index in [0.717, 1.165) is 39.1 Å². The molecule has 18 heavy (non-hydrogen) atoms. The molecule has 1 amide bonds. The van der Waals surface area contributed by atoms with Crippen molar-refractivity contribution in [2.24, 2.45) is 0 Å². The van der Waals surface area contributed by atoms with E-state index in [1.807, 2.05) is 11.0 Å². The summed E-state index contributed by atoms with van der Waals surface area (Å²) in [4.78, 5) is 16.4. The number of hydrogen-bond acceptors (Lipinski definition) is 3. The highest BCUT2D eigenvalue weighted by atomic mass is 16.2. The molecule has 2 aliphatic rings. The quantitative estimate of drug-likeness (QED) is 0.823. The number of piperazine rings is 1. The van der Waals surface area contributed by atoms with E-state index < -0.39 is 0 Å². The summed E-state index contributed by atoms with van der Waals surface area (Å²) >= 11 is 0. The van der Waals surface area contributed by atoms with Gasteiger partial charge in [0.1, 0.15) is 0 Å². The minimum Gasteiger partial charge on any atom is -0.362 e. The van der Waals surface area contributed by atoms with Crippen molar-refractivity contribution in [2.45, 2.75) is 6.42 Å². The fourth-order valence-electron chi connectivity index (χ4n) is 2.75. The minimum atomic E-state index is 0.258. The van der Waals surface area contributed by atoms with E-state index in [1.165, 1.54) is 11.3 Å². The van der Waals surface area contributed by atoms with Gasteiger partial charge in [-0.05, 0) is 18.1 Å². The monoisotopic (exact) mass is 245 g/mol. The lowest BCUT2D eigenvalue weighted by molar-refractivity contribution is -0.130. The van der Waals surface area contributed by atoms with Crippen LogP contribution in [0.1, 0.15) is 5.56 Å². The summed E-state index contributed by atoms with van der Waals surface area (Å²) in [6.07, 6.45) is 1.06. The first-order valence-corrected chi connectivity index (χ1v) is 6.66. The number of anilines is 1. The fraction of sp³-hybridized carbons (Fsp3) is 0.500. The second kappa shape index (κ2) is 4.98. The highest BCUT2D eigenvalue weighted by Crippen LogP contribution is 2.27. The molecule has 0 bridgehead atoms. The molecule has 1 N–H and O–H groups in total. The Hall–Kier alpha value is -1.55. The van der Waals surface area contributed by atoms with Crippen LogP contribution in [0, 0.1) is 0 Å². The SMILES string of the molecule is O=C(CN1CCc2ccccc21)N1CCNCC1. The Morgan fingerprint density at radius 3 is 2.78 bits per heavy atom. The van der Waals surface area contributed by atoms with Crippen molar-refractivity contribution in [2.75, 3.05) is 44.2 Å². The maximum atomic E-state index is 12.2. The van der Waals surface area contributed by atoms with Gasteiger partial charge in [0, 0.05) is 38.4 Å². The predicted molar refractivity (Wildman–Crippen MR) is 71.8 cm³/mol. The zero-order chi connectivity index (χ0) is 12.4. The molecule has 0 aromatic heterocycles. The van der Waals surface area contributed by atoms with Crippen LogP contribution in [0.2, 0.25) is 0 Å². The van der Waals surface area contributed by atoms with Gasteiger partial charge in [-0.1, -0.05) is 18.2 Å². The third-order valence-corrected chi connectivity index (χ3v) is 3.78. The number of nitrogens with zero attached hydrogens (tertiary/aromatic N) is 2. The molecule has 0 saturated carbocycles. The Morgan fingerprint density at radius 2 is 1.94 bits per heavy atom. The molecule has 4 nitrogen and oxygen atoms in total. The van der Waals surface area contributed by atoms with Crippen molar-refractivity contribution in [3.8, 4) is 0 Å². The lowest BCUT2D eigenvalue weighted by Gasteiger charge is -2.29. The molecular formula is C14H19N3O. The third kappa shape index (κ3) is 2.20. The first kappa shape index (κ1) is 11.5. The van der Waals surface area contributed by atoms with Crippen LogP contribution in [0.15, 0.2) is 24.3 Å². The van der Waals surface area contributed by atoms with Gasteiger partial charge in [-0.3, -0.25) is 4.79 Å². The molecule has 3 rings (SSSR count). The van der Waals surface area contributed by atoms with Crippen molar-refractivity contribution in [3.05, 3.63) is 29.8 Å². The lowest BCUT2D eigenvalue weighted by Crippen LogP contribution is -2.49. The molecule has 0 atom stereocenters. The predicted octanol–water partition coefficient (Wildman–Crippen LogP) is 0.481. The number of hydrogen-bond donors (Lipinski definition) is 1. The minimum absolute atomic E-state index is 0.258. The summed E-state index contributed by atoms with van der Waals surface area (Å²) in [5.41, 5.74) is 2.60. The van der Waals surface area contributed by atoms with Crippen LogP contribution in [-0.4, -0.2) is 50.1 Å². The number of benzene rings is 1. The second-order valence-electron chi connectivity index (χ2n) is 4.93. The van der Waals surface area contributed by atoms with Gasteiger partial charge in [-0.2, -0.15) is 0 Å². The van der Waals surface area contributed by atoms with Gasteiger partial charge >= 0.3 is 0 Å². The van der Waals surface area contributed by atoms with E-state index in [-0.39, 0.29) is 5.91 Å². The molecule has 1 fully saturated rings. The topological polar surface area (TPSA) is 35.6 Å². The number of amides is 1. The number of nitrogens with one attached hydrogen (secondary N) is 1. The Balaban J connectivity index is 1.65. The van der Waals surface area contributed by atoms with Crippen molar-refractivity contribution in [1.29, 1.82) is 0 Å². The molecular weight excluding hydrogens is 226 g/mol. The maximum Gasteiger partial charge on any atom is 0.242 e. The van der Waals surface area contributed by atoms with Crippen molar-refractivity contribution < 1.29 is 4.79 Å². The van der Waals surface area contributed by atoms with E-state index in [1.54, 1.807) is 0 Å². The van der Waals surface area contributed by atoms with Crippen LogP contribution < -0.4 is 10.2 Å². The second-order valence-corrected chi connectivity index (χ2v) is 4.93.